The number of H-pyrrole nitrogens is 1. The lowest BCUT2D eigenvalue weighted by Gasteiger charge is -2.14. The molecule has 21 heavy (non-hydrogen) atoms. The number of nitrogens with zero attached hydrogens (tertiary/aromatic N) is 1. The van der Waals surface area contributed by atoms with Gasteiger partial charge in [0.2, 0.25) is 11.9 Å². The Morgan fingerprint density at radius 3 is 3.00 bits per heavy atom. The summed E-state index contributed by atoms with van der Waals surface area (Å²) in [6.07, 6.45) is 2.50. The van der Waals surface area contributed by atoms with Gasteiger partial charge in [0.25, 0.3) is 0 Å². The number of benzene rings is 1. The highest BCUT2D eigenvalue weighted by molar-refractivity contribution is 5.93. The molecule has 1 unspecified atom stereocenters. The molecular weight excluding hydrogens is 270 g/mol. The highest BCUT2D eigenvalue weighted by Gasteiger charge is 2.22. The molecule has 1 aliphatic heterocycles. The van der Waals surface area contributed by atoms with Crippen molar-refractivity contribution in [3.8, 4) is 0 Å². The fourth-order valence-electron chi connectivity index (χ4n) is 2.39. The lowest BCUT2D eigenvalue weighted by atomic mass is 10.1. The van der Waals surface area contributed by atoms with E-state index >= 15 is 0 Å². The van der Waals surface area contributed by atoms with E-state index in [9.17, 15) is 9.59 Å². The van der Waals surface area contributed by atoms with Gasteiger partial charge in [0.15, 0.2) is 0 Å². The predicted octanol–water partition coefficient (Wildman–Crippen LogP) is 1.35. The van der Waals surface area contributed by atoms with Gasteiger partial charge >= 0.3 is 6.03 Å². The number of urea groups is 1. The molecule has 1 aromatic heterocycles. The van der Waals surface area contributed by atoms with Gasteiger partial charge in [-0.05, 0) is 31.4 Å². The Kier molecular flexibility index (Phi) is 3.72. The Bertz CT molecular complexity index is 633. The number of aromatic nitrogens is 2. The SMILES string of the molecule is O=C(Nc1nc2ccccc2[nH]1)NC1CCCCNC1=O. The minimum Gasteiger partial charge on any atom is -0.354 e. The molecule has 0 aliphatic carbocycles. The van der Waals surface area contributed by atoms with Crippen molar-refractivity contribution in [3.63, 3.8) is 0 Å². The van der Waals surface area contributed by atoms with E-state index in [0.717, 1.165) is 23.9 Å². The first-order valence-corrected chi connectivity index (χ1v) is 7.02. The zero-order chi connectivity index (χ0) is 14.7. The van der Waals surface area contributed by atoms with Crippen molar-refractivity contribution in [2.45, 2.75) is 25.3 Å². The molecule has 2 aromatic rings. The lowest BCUT2D eigenvalue weighted by Crippen LogP contribution is -2.47. The standard InChI is InChI=1S/C14H17N5O2/c20-12-11(7-3-4-8-15-12)18-14(21)19-13-16-9-5-1-2-6-10(9)17-13/h1-2,5-6,11H,3-4,7-8H2,(H,15,20)(H3,16,17,18,19,21). The number of hydrogen-bond donors (Lipinski definition) is 4. The van der Waals surface area contributed by atoms with E-state index < -0.39 is 12.1 Å². The summed E-state index contributed by atoms with van der Waals surface area (Å²) in [5, 5.41) is 8.08. The van der Waals surface area contributed by atoms with E-state index in [1.807, 2.05) is 24.3 Å². The minimum absolute atomic E-state index is 0.132. The van der Waals surface area contributed by atoms with Crippen molar-refractivity contribution >= 4 is 28.9 Å². The van der Waals surface area contributed by atoms with Gasteiger partial charge in [-0.2, -0.15) is 0 Å². The van der Waals surface area contributed by atoms with Gasteiger partial charge in [0.1, 0.15) is 6.04 Å². The van der Waals surface area contributed by atoms with Crippen molar-refractivity contribution in [2.75, 3.05) is 11.9 Å². The average molecular weight is 287 g/mol. The zero-order valence-electron chi connectivity index (χ0n) is 11.5. The quantitative estimate of drug-likeness (QED) is 0.671. The van der Waals surface area contributed by atoms with Crippen LogP contribution in [-0.4, -0.2) is 34.5 Å². The maximum atomic E-state index is 12.0. The van der Waals surface area contributed by atoms with Crippen LogP contribution in [0, 0.1) is 0 Å². The Hall–Kier alpha value is -2.57. The van der Waals surface area contributed by atoms with Crippen LogP contribution in [0.3, 0.4) is 0 Å². The van der Waals surface area contributed by atoms with Crippen LogP contribution in [0.4, 0.5) is 10.7 Å². The number of imidazole rings is 1. The third-order valence-corrected chi connectivity index (χ3v) is 3.46. The number of rotatable bonds is 2. The molecule has 1 atom stereocenters. The van der Waals surface area contributed by atoms with Crippen LogP contribution in [0.2, 0.25) is 0 Å². The van der Waals surface area contributed by atoms with Crippen LogP contribution in [0.5, 0.6) is 0 Å². The summed E-state index contributed by atoms with van der Waals surface area (Å²) >= 11 is 0. The fraction of sp³-hybridized carbons (Fsp3) is 0.357. The van der Waals surface area contributed by atoms with Crippen LogP contribution in [0.1, 0.15) is 19.3 Å². The molecule has 0 radical (unpaired) electrons. The topological polar surface area (TPSA) is 98.9 Å². The first kappa shape index (κ1) is 13.4. The first-order valence-electron chi connectivity index (χ1n) is 7.02. The van der Waals surface area contributed by atoms with Crippen molar-refractivity contribution in [1.29, 1.82) is 0 Å². The molecule has 0 spiro atoms. The molecule has 3 rings (SSSR count). The Labute approximate surface area is 121 Å². The molecule has 7 nitrogen and oxygen atoms in total. The van der Waals surface area contributed by atoms with Gasteiger partial charge in [0, 0.05) is 6.54 Å². The molecule has 1 fully saturated rings. The number of amides is 3. The summed E-state index contributed by atoms with van der Waals surface area (Å²) < 4.78 is 0. The summed E-state index contributed by atoms with van der Waals surface area (Å²) in [5.41, 5.74) is 1.63. The van der Waals surface area contributed by atoms with E-state index in [0.29, 0.717) is 18.9 Å². The largest absolute Gasteiger partial charge is 0.354 e. The number of carbonyl (C=O) groups excluding carboxylic acids is 2. The van der Waals surface area contributed by atoms with E-state index in [1.165, 1.54) is 0 Å². The Morgan fingerprint density at radius 2 is 2.14 bits per heavy atom. The van der Waals surface area contributed by atoms with Crippen LogP contribution in [0.15, 0.2) is 24.3 Å². The van der Waals surface area contributed by atoms with Gasteiger partial charge in [-0.3, -0.25) is 10.1 Å². The van der Waals surface area contributed by atoms with E-state index in [1.54, 1.807) is 0 Å². The molecule has 4 N–H and O–H groups in total. The summed E-state index contributed by atoms with van der Waals surface area (Å²) in [6, 6.07) is 6.58. The molecule has 2 heterocycles. The van der Waals surface area contributed by atoms with Gasteiger partial charge in [-0.1, -0.05) is 12.1 Å². The monoisotopic (exact) mass is 287 g/mol. The number of carbonyl (C=O) groups is 2. The fourth-order valence-corrected chi connectivity index (χ4v) is 2.39. The maximum Gasteiger partial charge on any atom is 0.322 e. The molecule has 1 saturated heterocycles. The zero-order valence-corrected chi connectivity index (χ0v) is 11.5. The molecule has 3 amide bonds. The molecule has 7 heteroatoms. The summed E-state index contributed by atoms with van der Waals surface area (Å²) in [6.45, 7) is 0.669. The first-order chi connectivity index (χ1) is 10.2. The average Bonchev–Trinajstić information content (AvgIpc) is 2.76. The van der Waals surface area contributed by atoms with Gasteiger partial charge in [-0.15, -0.1) is 0 Å². The van der Waals surface area contributed by atoms with E-state index in [2.05, 4.69) is 25.9 Å². The second-order valence-corrected chi connectivity index (χ2v) is 5.04. The molecular formula is C14H17N5O2. The number of aromatic amines is 1. The number of fused-ring (bicyclic) bond motifs is 1. The predicted molar refractivity (Wildman–Crippen MR) is 78.9 cm³/mol. The highest BCUT2D eigenvalue weighted by Crippen LogP contribution is 2.13. The Morgan fingerprint density at radius 1 is 1.29 bits per heavy atom. The third-order valence-electron chi connectivity index (χ3n) is 3.46. The summed E-state index contributed by atoms with van der Waals surface area (Å²) in [5.74, 6) is 0.231. The lowest BCUT2D eigenvalue weighted by molar-refractivity contribution is -0.122. The van der Waals surface area contributed by atoms with Crippen LogP contribution in [0.25, 0.3) is 11.0 Å². The normalized spacial score (nSPS) is 18.9. The van der Waals surface area contributed by atoms with E-state index in [-0.39, 0.29) is 5.91 Å². The molecule has 1 aromatic carbocycles. The molecule has 0 saturated carbocycles. The summed E-state index contributed by atoms with van der Waals surface area (Å²) in [7, 11) is 0. The van der Waals surface area contributed by atoms with Crippen molar-refractivity contribution < 1.29 is 9.59 Å². The maximum absolute atomic E-state index is 12.0. The van der Waals surface area contributed by atoms with Gasteiger partial charge in [-0.25, -0.2) is 9.78 Å². The van der Waals surface area contributed by atoms with Gasteiger partial charge < -0.3 is 15.6 Å². The number of para-hydroxylation sites is 2. The molecule has 0 bridgehead atoms. The van der Waals surface area contributed by atoms with Crippen LogP contribution >= 0.6 is 0 Å². The minimum atomic E-state index is -0.489. The molecule has 110 valence electrons. The van der Waals surface area contributed by atoms with Gasteiger partial charge in [0.05, 0.1) is 11.0 Å². The van der Waals surface area contributed by atoms with Crippen molar-refractivity contribution in [3.05, 3.63) is 24.3 Å². The summed E-state index contributed by atoms with van der Waals surface area (Å²) in [4.78, 5) is 31.0. The van der Waals surface area contributed by atoms with Crippen molar-refractivity contribution in [2.24, 2.45) is 0 Å². The second-order valence-electron chi connectivity index (χ2n) is 5.04. The number of anilines is 1. The van der Waals surface area contributed by atoms with Crippen molar-refractivity contribution in [1.82, 2.24) is 20.6 Å². The number of hydrogen-bond acceptors (Lipinski definition) is 3. The highest BCUT2D eigenvalue weighted by atomic mass is 16.2. The second kappa shape index (κ2) is 5.82. The molecule has 1 aliphatic rings. The van der Waals surface area contributed by atoms with E-state index in [4.69, 9.17) is 0 Å². The number of nitrogens with one attached hydrogen (secondary N) is 4. The smallest absolute Gasteiger partial charge is 0.322 e. The third kappa shape index (κ3) is 3.13. The van der Waals surface area contributed by atoms with Crippen LogP contribution < -0.4 is 16.0 Å². The Balaban J connectivity index is 1.64. The van der Waals surface area contributed by atoms with Crippen LogP contribution in [-0.2, 0) is 4.79 Å².